The maximum Gasteiger partial charge on any atom is 0.263 e. The standard InChI is InChI=1S/C15H15NO3/c1-10-6-3-4-7-11(10)16-15(18)14-12(17)8-5-9-13(14)19-2/h3-9,17H,1-2H3,(H,16,18). The van der Waals surface area contributed by atoms with Gasteiger partial charge < -0.3 is 15.2 Å². The minimum absolute atomic E-state index is 0.106. The number of carbonyl (C=O) groups is 1. The molecule has 0 saturated heterocycles. The van der Waals surface area contributed by atoms with Crippen molar-refractivity contribution in [3.8, 4) is 11.5 Å². The third-order valence-electron chi connectivity index (χ3n) is 2.84. The number of aryl methyl sites for hydroxylation is 1. The Kier molecular flexibility index (Phi) is 3.71. The average Bonchev–Trinajstić information content (AvgIpc) is 2.40. The summed E-state index contributed by atoms with van der Waals surface area (Å²) in [6.45, 7) is 1.90. The van der Waals surface area contributed by atoms with Crippen LogP contribution in [-0.2, 0) is 0 Å². The first-order valence-corrected chi connectivity index (χ1v) is 5.86. The summed E-state index contributed by atoms with van der Waals surface area (Å²) in [5.74, 6) is -0.166. The smallest absolute Gasteiger partial charge is 0.263 e. The van der Waals surface area contributed by atoms with E-state index in [1.54, 1.807) is 18.2 Å². The second-order valence-electron chi connectivity index (χ2n) is 4.12. The van der Waals surface area contributed by atoms with Gasteiger partial charge in [0.15, 0.2) is 0 Å². The van der Waals surface area contributed by atoms with Gasteiger partial charge in [0.2, 0.25) is 0 Å². The van der Waals surface area contributed by atoms with Gasteiger partial charge in [0.25, 0.3) is 5.91 Å². The van der Waals surface area contributed by atoms with Crippen LogP contribution in [0.4, 0.5) is 5.69 Å². The fraction of sp³-hybridized carbons (Fsp3) is 0.133. The molecule has 0 heterocycles. The maximum atomic E-state index is 12.2. The van der Waals surface area contributed by atoms with E-state index in [2.05, 4.69) is 5.32 Å². The van der Waals surface area contributed by atoms with E-state index in [0.717, 1.165) is 5.56 Å². The molecule has 4 heteroatoms. The lowest BCUT2D eigenvalue weighted by molar-refractivity contribution is 0.102. The molecule has 2 rings (SSSR count). The molecule has 2 N–H and O–H groups in total. The molecular formula is C15H15NO3. The molecule has 0 aliphatic heterocycles. The zero-order chi connectivity index (χ0) is 13.8. The number of benzene rings is 2. The van der Waals surface area contributed by atoms with E-state index in [-0.39, 0.29) is 11.3 Å². The summed E-state index contributed by atoms with van der Waals surface area (Å²) in [4.78, 5) is 12.2. The summed E-state index contributed by atoms with van der Waals surface area (Å²) in [6.07, 6.45) is 0. The Morgan fingerprint density at radius 3 is 2.58 bits per heavy atom. The van der Waals surface area contributed by atoms with Crippen LogP contribution in [0.5, 0.6) is 11.5 Å². The van der Waals surface area contributed by atoms with E-state index >= 15 is 0 Å². The third kappa shape index (κ3) is 2.68. The Morgan fingerprint density at radius 1 is 1.16 bits per heavy atom. The number of carbonyl (C=O) groups excluding carboxylic acids is 1. The van der Waals surface area contributed by atoms with Crippen LogP contribution in [-0.4, -0.2) is 18.1 Å². The molecule has 0 atom stereocenters. The second kappa shape index (κ2) is 5.44. The topological polar surface area (TPSA) is 58.6 Å². The molecule has 0 aliphatic rings. The number of methoxy groups -OCH3 is 1. The molecule has 0 saturated carbocycles. The van der Waals surface area contributed by atoms with Crippen LogP contribution in [0, 0.1) is 6.92 Å². The monoisotopic (exact) mass is 257 g/mol. The quantitative estimate of drug-likeness (QED) is 0.888. The number of phenols is 1. The highest BCUT2D eigenvalue weighted by molar-refractivity contribution is 6.08. The number of aromatic hydroxyl groups is 1. The van der Waals surface area contributed by atoms with Gasteiger partial charge >= 0.3 is 0 Å². The minimum Gasteiger partial charge on any atom is -0.507 e. The van der Waals surface area contributed by atoms with E-state index in [0.29, 0.717) is 11.4 Å². The Balaban J connectivity index is 2.33. The fourth-order valence-corrected chi connectivity index (χ4v) is 1.82. The van der Waals surface area contributed by atoms with Crippen LogP contribution in [0.1, 0.15) is 15.9 Å². The first kappa shape index (κ1) is 13.0. The highest BCUT2D eigenvalue weighted by Gasteiger charge is 2.17. The predicted molar refractivity (Wildman–Crippen MR) is 73.8 cm³/mol. The van der Waals surface area contributed by atoms with Crippen molar-refractivity contribution in [2.45, 2.75) is 6.92 Å². The Labute approximate surface area is 111 Å². The van der Waals surface area contributed by atoms with E-state index in [1.807, 2.05) is 25.1 Å². The fourth-order valence-electron chi connectivity index (χ4n) is 1.82. The zero-order valence-corrected chi connectivity index (χ0v) is 10.8. The van der Waals surface area contributed by atoms with Gasteiger partial charge in [-0.1, -0.05) is 24.3 Å². The summed E-state index contributed by atoms with van der Waals surface area (Å²) in [7, 11) is 1.46. The highest BCUT2D eigenvalue weighted by Crippen LogP contribution is 2.28. The van der Waals surface area contributed by atoms with Crippen molar-refractivity contribution in [3.63, 3.8) is 0 Å². The van der Waals surface area contributed by atoms with Gasteiger partial charge in [-0.15, -0.1) is 0 Å². The van der Waals surface area contributed by atoms with Gasteiger partial charge in [-0.25, -0.2) is 0 Å². The summed E-state index contributed by atoms with van der Waals surface area (Å²) < 4.78 is 5.09. The molecule has 0 radical (unpaired) electrons. The SMILES string of the molecule is COc1cccc(O)c1C(=O)Nc1ccccc1C. The largest absolute Gasteiger partial charge is 0.507 e. The molecule has 0 aromatic heterocycles. The number of amides is 1. The first-order valence-electron chi connectivity index (χ1n) is 5.86. The van der Waals surface area contributed by atoms with Crippen LogP contribution in [0.25, 0.3) is 0 Å². The van der Waals surface area contributed by atoms with Crippen LogP contribution < -0.4 is 10.1 Å². The van der Waals surface area contributed by atoms with E-state index in [1.165, 1.54) is 13.2 Å². The Hall–Kier alpha value is -2.49. The number of hydrogen-bond donors (Lipinski definition) is 2. The molecule has 2 aromatic rings. The van der Waals surface area contributed by atoms with Gasteiger partial charge in [-0.2, -0.15) is 0 Å². The number of nitrogens with one attached hydrogen (secondary N) is 1. The summed E-state index contributed by atoms with van der Waals surface area (Å²) in [5.41, 5.74) is 1.79. The molecule has 0 fully saturated rings. The van der Waals surface area contributed by atoms with E-state index in [4.69, 9.17) is 4.74 Å². The number of ether oxygens (including phenoxy) is 1. The average molecular weight is 257 g/mol. The van der Waals surface area contributed by atoms with Crippen molar-refractivity contribution >= 4 is 11.6 Å². The number of rotatable bonds is 3. The van der Waals surface area contributed by atoms with Crippen LogP contribution in [0.3, 0.4) is 0 Å². The molecule has 4 nitrogen and oxygen atoms in total. The van der Waals surface area contributed by atoms with Gasteiger partial charge in [-0.3, -0.25) is 4.79 Å². The second-order valence-corrected chi connectivity index (χ2v) is 4.12. The maximum absolute atomic E-state index is 12.2. The number of anilines is 1. The van der Waals surface area contributed by atoms with Gasteiger partial charge in [0, 0.05) is 5.69 Å². The van der Waals surface area contributed by atoms with Crippen molar-refractivity contribution in [2.24, 2.45) is 0 Å². The highest BCUT2D eigenvalue weighted by atomic mass is 16.5. The number of phenolic OH excluding ortho intramolecular Hbond substituents is 1. The number of hydrogen-bond acceptors (Lipinski definition) is 3. The molecule has 0 unspecified atom stereocenters. The molecule has 0 bridgehead atoms. The molecule has 0 aliphatic carbocycles. The third-order valence-corrected chi connectivity index (χ3v) is 2.84. The van der Waals surface area contributed by atoms with Crippen LogP contribution in [0.15, 0.2) is 42.5 Å². The summed E-state index contributed by atoms with van der Waals surface area (Å²) in [6, 6.07) is 12.1. The van der Waals surface area contributed by atoms with Crippen molar-refractivity contribution < 1.29 is 14.6 Å². The van der Waals surface area contributed by atoms with E-state index in [9.17, 15) is 9.90 Å². The number of para-hydroxylation sites is 1. The predicted octanol–water partition coefficient (Wildman–Crippen LogP) is 2.96. The first-order chi connectivity index (χ1) is 9.13. The van der Waals surface area contributed by atoms with Crippen molar-refractivity contribution in [2.75, 3.05) is 12.4 Å². The Morgan fingerprint density at radius 2 is 1.89 bits per heavy atom. The molecule has 98 valence electrons. The van der Waals surface area contributed by atoms with E-state index < -0.39 is 5.91 Å². The normalized spacial score (nSPS) is 10.0. The molecule has 2 aromatic carbocycles. The molecular weight excluding hydrogens is 242 g/mol. The van der Waals surface area contributed by atoms with Gasteiger partial charge in [0.05, 0.1) is 7.11 Å². The molecule has 0 spiro atoms. The summed E-state index contributed by atoms with van der Waals surface area (Å²) >= 11 is 0. The van der Waals surface area contributed by atoms with Crippen molar-refractivity contribution in [1.29, 1.82) is 0 Å². The molecule has 1 amide bonds. The zero-order valence-electron chi connectivity index (χ0n) is 10.8. The minimum atomic E-state index is -0.399. The van der Waals surface area contributed by atoms with Crippen molar-refractivity contribution in [1.82, 2.24) is 0 Å². The molecule has 19 heavy (non-hydrogen) atoms. The van der Waals surface area contributed by atoms with Gasteiger partial charge in [-0.05, 0) is 30.7 Å². The van der Waals surface area contributed by atoms with Crippen LogP contribution in [0.2, 0.25) is 0 Å². The van der Waals surface area contributed by atoms with Crippen LogP contribution >= 0.6 is 0 Å². The Bertz CT molecular complexity index is 608. The lowest BCUT2D eigenvalue weighted by Gasteiger charge is -2.12. The van der Waals surface area contributed by atoms with Crippen molar-refractivity contribution in [3.05, 3.63) is 53.6 Å². The lowest BCUT2D eigenvalue weighted by atomic mass is 10.1. The summed E-state index contributed by atoms with van der Waals surface area (Å²) in [5, 5.41) is 12.6. The van der Waals surface area contributed by atoms with Gasteiger partial charge in [0.1, 0.15) is 17.1 Å². The lowest BCUT2D eigenvalue weighted by Crippen LogP contribution is -2.14.